The van der Waals surface area contributed by atoms with Crippen molar-refractivity contribution in [2.24, 2.45) is 7.05 Å². The van der Waals surface area contributed by atoms with E-state index >= 15 is 0 Å². The number of aromatic nitrogens is 2. The Bertz CT molecular complexity index is 422. The van der Waals surface area contributed by atoms with Gasteiger partial charge in [0.15, 0.2) is 0 Å². The van der Waals surface area contributed by atoms with Crippen LogP contribution in [0, 0.1) is 0 Å². The third-order valence-corrected chi connectivity index (χ3v) is 2.84. The van der Waals surface area contributed by atoms with Crippen LogP contribution in [0.15, 0.2) is 6.20 Å². The largest absolute Gasteiger partial charge is 0.350 e. The van der Waals surface area contributed by atoms with E-state index in [4.69, 9.17) is 11.6 Å². The molecule has 1 aromatic heterocycles. The molecule has 0 aromatic carbocycles. The number of nitrogens with zero attached hydrogens (tertiary/aromatic N) is 2. The highest BCUT2D eigenvalue weighted by atomic mass is 35.5. The summed E-state index contributed by atoms with van der Waals surface area (Å²) in [6, 6.07) is -0.278. The van der Waals surface area contributed by atoms with Crippen molar-refractivity contribution in [2.75, 3.05) is 0 Å². The molecule has 2 N–H and O–H groups in total. The zero-order valence-electron chi connectivity index (χ0n) is 11.5. The molecule has 1 unspecified atom stereocenters. The summed E-state index contributed by atoms with van der Waals surface area (Å²) in [6.07, 6.45) is 1.60. The summed E-state index contributed by atoms with van der Waals surface area (Å²) in [5.41, 5.74) is -0.223. The van der Waals surface area contributed by atoms with Gasteiger partial charge in [-0.1, -0.05) is 11.6 Å². The molecule has 0 aliphatic carbocycles. The van der Waals surface area contributed by atoms with Crippen LogP contribution in [0.25, 0.3) is 0 Å². The lowest BCUT2D eigenvalue weighted by Crippen LogP contribution is -2.49. The zero-order valence-corrected chi connectivity index (χ0v) is 12.3. The Morgan fingerprint density at radius 3 is 2.61 bits per heavy atom. The Morgan fingerprint density at radius 2 is 2.17 bits per heavy atom. The van der Waals surface area contributed by atoms with Gasteiger partial charge in [-0.05, 0) is 27.7 Å². The van der Waals surface area contributed by atoms with Crippen molar-refractivity contribution in [1.29, 1.82) is 0 Å². The number of halogens is 1. The van der Waals surface area contributed by atoms with Gasteiger partial charge in [0.2, 0.25) is 5.91 Å². The van der Waals surface area contributed by atoms with Gasteiger partial charge in [-0.15, -0.1) is 0 Å². The molecule has 0 radical (unpaired) electrons. The molecule has 18 heavy (non-hydrogen) atoms. The minimum atomic E-state index is -0.278. The summed E-state index contributed by atoms with van der Waals surface area (Å²) in [5.74, 6) is 0.776. The Balaban J connectivity index is 2.49. The molecule has 0 aliphatic heterocycles. The van der Waals surface area contributed by atoms with Crippen molar-refractivity contribution in [3.05, 3.63) is 17.2 Å². The monoisotopic (exact) mass is 272 g/mol. The van der Waals surface area contributed by atoms with E-state index in [1.54, 1.807) is 10.8 Å². The first kappa shape index (κ1) is 15.0. The molecule has 5 nitrogen and oxygen atoms in total. The number of carbonyl (C=O) groups is 1. The molecule has 1 aromatic rings. The first-order chi connectivity index (χ1) is 8.20. The van der Waals surface area contributed by atoms with Crippen molar-refractivity contribution < 1.29 is 4.79 Å². The summed E-state index contributed by atoms with van der Waals surface area (Å²) in [7, 11) is 1.84. The molecular weight excluding hydrogens is 252 g/mol. The SMILES string of the molecule is CC(NCc1ncc(Cl)n1C)C(=O)NC(C)(C)C. The predicted molar refractivity (Wildman–Crippen MR) is 72.4 cm³/mol. The third kappa shape index (κ3) is 4.31. The van der Waals surface area contributed by atoms with E-state index in [-0.39, 0.29) is 17.5 Å². The Labute approximate surface area is 113 Å². The molecule has 0 aliphatic rings. The van der Waals surface area contributed by atoms with Crippen LogP contribution < -0.4 is 10.6 Å². The first-order valence-corrected chi connectivity index (χ1v) is 6.30. The number of carbonyl (C=O) groups excluding carboxylic acids is 1. The molecular formula is C12H21ClN4O. The van der Waals surface area contributed by atoms with Crippen LogP contribution >= 0.6 is 11.6 Å². The van der Waals surface area contributed by atoms with E-state index in [0.717, 1.165) is 5.82 Å². The van der Waals surface area contributed by atoms with Crippen molar-refractivity contribution in [3.63, 3.8) is 0 Å². The minimum absolute atomic E-state index is 0.0252. The molecule has 0 bridgehead atoms. The van der Waals surface area contributed by atoms with Crippen LogP contribution in [0.1, 0.15) is 33.5 Å². The second kappa shape index (κ2) is 5.71. The topological polar surface area (TPSA) is 59.0 Å². The van der Waals surface area contributed by atoms with Crippen LogP contribution in [0.2, 0.25) is 5.15 Å². The number of hydrogen-bond donors (Lipinski definition) is 2. The van der Waals surface area contributed by atoms with Gasteiger partial charge in [0.05, 0.1) is 18.8 Å². The van der Waals surface area contributed by atoms with Crippen LogP contribution in [0.5, 0.6) is 0 Å². The van der Waals surface area contributed by atoms with Gasteiger partial charge in [0.1, 0.15) is 11.0 Å². The fourth-order valence-electron chi connectivity index (χ4n) is 1.40. The number of nitrogens with one attached hydrogen (secondary N) is 2. The molecule has 0 saturated carbocycles. The third-order valence-electron chi connectivity index (χ3n) is 2.49. The number of hydrogen-bond acceptors (Lipinski definition) is 3. The van der Waals surface area contributed by atoms with Gasteiger partial charge in [-0.2, -0.15) is 0 Å². The standard InChI is InChI=1S/C12H21ClN4O/c1-8(11(18)16-12(2,3)4)14-7-10-15-6-9(13)17(10)5/h6,8,14H,7H2,1-5H3,(H,16,18). The summed E-state index contributed by atoms with van der Waals surface area (Å²) < 4.78 is 1.78. The van der Waals surface area contributed by atoms with Crippen molar-refractivity contribution in [2.45, 2.75) is 45.8 Å². The second-order valence-corrected chi connectivity index (χ2v) is 5.79. The molecule has 6 heteroatoms. The average Bonchev–Trinajstić information content (AvgIpc) is 2.54. The van der Waals surface area contributed by atoms with Crippen molar-refractivity contribution in [1.82, 2.24) is 20.2 Å². The van der Waals surface area contributed by atoms with E-state index in [1.165, 1.54) is 0 Å². The van der Waals surface area contributed by atoms with Gasteiger partial charge in [-0.3, -0.25) is 10.1 Å². The first-order valence-electron chi connectivity index (χ1n) is 5.92. The molecule has 1 rings (SSSR count). The normalized spacial score (nSPS) is 13.4. The molecule has 1 atom stereocenters. The fourth-order valence-corrected chi connectivity index (χ4v) is 1.55. The minimum Gasteiger partial charge on any atom is -0.350 e. The van der Waals surface area contributed by atoms with E-state index < -0.39 is 0 Å². The van der Waals surface area contributed by atoms with Gasteiger partial charge in [-0.25, -0.2) is 4.98 Å². The maximum absolute atomic E-state index is 11.8. The molecule has 0 saturated heterocycles. The molecule has 1 amide bonds. The van der Waals surface area contributed by atoms with E-state index in [0.29, 0.717) is 11.7 Å². The van der Waals surface area contributed by atoms with Gasteiger partial charge in [0.25, 0.3) is 0 Å². The average molecular weight is 273 g/mol. The van der Waals surface area contributed by atoms with Crippen molar-refractivity contribution in [3.8, 4) is 0 Å². The fraction of sp³-hybridized carbons (Fsp3) is 0.667. The van der Waals surface area contributed by atoms with Crippen LogP contribution in [-0.4, -0.2) is 27.0 Å². The maximum Gasteiger partial charge on any atom is 0.237 e. The van der Waals surface area contributed by atoms with E-state index in [2.05, 4.69) is 15.6 Å². The number of rotatable bonds is 4. The molecule has 102 valence electrons. The molecule has 0 spiro atoms. The highest BCUT2D eigenvalue weighted by molar-refractivity contribution is 6.29. The lowest BCUT2D eigenvalue weighted by atomic mass is 10.1. The van der Waals surface area contributed by atoms with E-state index in [9.17, 15) is 4.79 Å². The predicted octanol–water partition coefficient (Wildman–Crippen LogP) is 1.47. The van der Waals surface area contributed by atoms with Crippen molar-refractivity contribution >= 4 is 17.5 Å². The lowest BCUT2D eigenvalue weighted by Gasteiger charge is -2.23. The lowest BCUT2D eigenvalue weighted by molar-refractivity contribution is -0.124. The number of imidazole rings is 1. The number of amides is 1. The van der Waals surface area contributed by atoms with Crippen LogP contribution in [0.4, 0.5) is 0 Å². The smallest absolute Gasteiger partial charge is 0.237 e. The second-order valence-electron chi connectivity index (χ2n) is 5.40. The summed E-state index contributed by atoms with van der Waals surface area (Å²) in [4.78, 5) is 16.0. The Kier molecular flexibility index (Phi) is 4.76. The van der Waals surface area contributed by atoms with Crippen LogP contribution in [-0.2, 0) is 18.4 Å². The van der Waals surface area contributed by atoms with Crippen LogP contribution in [0.3, 0.4) is 0 Å². The summed E-state index contributed by atoms with van der Waals surface area (Å²) in [5, 5.41) is 6.62. The van der Waals surface area contributed by atoms with Gasteiger partial charge >= 0.3 is 0 Å². The molecule has 1 heterocycles. The summed E-state index contributed by atoms with van der Waals surface area (Å²) >= 11 is 5.89. The zero-order chi connectivity index (χ0) is 13.9. The Morgan fingerprint density at radius 1 is 1.56 bits per heavy atom. The quantitative estimate of drug-likeness (QED) is 0.873. The maximum atomic E-state index is 11.8. The Hall–Kier alpha value is -1.07. The highest BCUT2D eigenvalue weighted by Crippen LogP contribution is 2.08. The summed E-state index contributed by atoms with van der Waals surface area (Å²) in [6.45, 7) is 8.19. The van der Waals surface area contributed by atoms with Gasteiger partial charge < -0.3 is 9.88 Å². The molecule has 0 fully saturated rings. The highest BCUT2D eigenvalue weighted by Gasteiger charge is 2.19. The van der Waals surface area contributed by atoms with E-state index in [1.807, 2.05) is 34.7 Å². The van der Waals surface area contributed by atoms with Gasteiger partial charge in [0, 0.05) is 12.6 Å².